The van der Waals surface area contributed by atoms with E-state index < -0.39 is 11.5 Å². The van der Waals surface area contributed by atoms with Crippen molar-refractivity contribution in [2.45, 2.75) is 64.2 Å². The van der Waals surface area contributed by atoms with Gasteiger partial charge in [-0.2, -0.15) is 0 Å². The van der Waals surface area contributed by atoms with Crippen LogP contribution in [0.3, 0.4) is 0 Å². The van der Waals surface area contributed by atoms with Crippen LogP contribution in [0.5, 0.6) is 0 Å². The van der Waals surface area contributed by atoms with Crippen molar-refractivity contribution in [3.8, 4) is 0 Å². The van der Waals surface area contributed by atoms with E-state index in [1.54, 1.807) is 6.07 Å². The van der Waals surface area contributed by atoms with Crippen LogP contribution in [0.1, 0.15) is 46.7 Å². The highest BCUT2D eigenvalue weighted by Crippen LogP contribution is 2.31. The Bertz CT molecular complexity index is 873. The first-order chi connectivity index (χ1) is 14.0. The van der Waals surface area contributed by atoms with Gasteiger partial charge in [-0.3, -0.25) is 10.1 Å². The van der Waals surface area contributed by atoms with Gasteiger partial charge in [-0.15, -0.1) is 0 Å². The highest BCUT2D eigenvalue weighted by molar-refractivity contribution is 6.30. The van der Waals surface area contributed by atoms with E-state index in [0.29, 0.717) is 23.7 Å². The molecule has 0 unspecified atom stereocenters. The zero-order valence-electron chi connectivity index (χ0n) is 18.1. The Morgan fingerprint density at radius 3 is 2.57 bits per heavy atom. The van der Waals surface area contributed by atoms with Crippen molar-refractivity contribution < 1.29 is 19.2 Å². The van der Waals surface area contributed by atoms with Gasteiger partial charge in [-0.05, 0) is 45.0 Å². The van der Waals surface area contributed by atoms with Gasteiger partial charge in [0, 0.05) is 35.2 Å². The molecule has 1 aliphatic rings. The number of amides is 1. The van der Waals surface area contributed by atoms with E-state index in [0.717, 1.165) is 5.69 Å². The highest BCUT2D eigenvalue weighted by atomic mass is 35.5. The summed E-state index contributed by atoms with van der Waals surface area (Å²) in [6.45, 7) is 10.2. The van der Waals surface area contributed by atoms with Gasteiger partial charge in [0.15, 0.2) is 0 Å². The van der Waals surface area contributed by atoms with Crippen LogP contribution in [0.25, 0.3) is 0 Å². The third kappa shape index (κ3) is 5.33. The molecule has 8 heteroatoms. The van der Waals surface area contributed by atoms with Crippen molar-refractivity contribution in [2.75, 3.05) is 23.4 Å². The molecule has 1 amide bonds. The molecule has 0 radical (unpaired) electrons. The largest absolute Gasteiger partial charge is 0.395 e. The molecule has 1 fully saturated rings. The lowest BCUT2D eigenvalue weighted by atomic mass is 9.91. The van der Waals surface area contributed by atoms with E-state index in [2.05, 4.69) is 10.5 Å². The number of halogens is 1. The van der Waals surface area contributed by atoms with Crippen molar-refractivity contribution in [1.82, 2.24) is 5.16 Å². The zero-order valence-corrected chi connectivity index (χ0v) is 18.9. The summed E-state index contributed by atoms with van der Waals surface area (Å²) < 4.78 is 11.4. The number of ether oxygens (including phenoxy) is 1. The fourth-order valence-corrected chi connectivity index (χ4v) is 3.61. The van der Waals surface area contributed by atoms with E-state index in [1.807, 2.05) is 63.8 Å². The van der Waals surface area contributed by atoms with Crippen LogP contribution in [0.4, 0.5) is 11.6 Å². The summed E-state index contributed by atoms with van der Waals surface area (Å²) in [7, 11) is 0. The van der Waals surface area contributed by atoms with Crippen LogP contribution in [-0.2, 0) is 14.9 Å². The number of aliphatic hydroxyl groups is 1. The molecule has 0 aliphatic carbocycles. The van der Waals surface area contributed by atoms with Crippen LogP contribution in [0.15, 0.2) is 34.9 Å². The van der Waals surface area contributed by atoms with E-state index in [-0.39, 0.29) is 30.1 Å². The number of hydrogen-bond donors (Lipinski definition) is 2. The number of hydrogen-bond acceptors (Lipinski definition) is 6. The molecule has 2 N–H and O–H groups in total. The molecule has 30 heavy (non-hydrogen) atoms. The van der Waals surface area contributed by atoms with Gasteiger partial charge in [-0.1, -0.05) is 30.6 Å². The summed E-state index contributed by atoms with van der Waals surface area (Å²) >= 11 is 6.03. The van der Waals surface area contributed by atoms with Crippen molar-refractivity contribution in [2.24, 2.45) is 0 Å². The Kier molecular flexibility index (Phi) is 6.45. The molecule has 1 aromatic heterocycles. The average molecular weight is 436 g/mol. The summed E-state index contributed by atoms with van der Waals surface area (Å²) in [6.07, 6.45) is 0.463. The van der Waals surface area contributed by atoms with Gasteiger partial charge in [0.05, 0.1) is 24.0 Å². The maximum Gasteiger partial charge on any atom is 0.249 e. The molecule has 1 aromatic carbocycles. The topological polar surface area (TPSA) is 87.8 Å². The highest BCUT2D eigenvalue weighted by Gasteiger charge is 2.39. The molecule has 0 saturated carbocycles. The Balaban J connectivity index is 1.79. The predicted octanol–water partition coefficient (Wildman–Crippen LogP) is 4.00. The number of aromatic nitrogens is 1. The van der Waals surface area contributed by atoms with Crippen LogP contribution in [0, 0.1) is 0 Å². The molecular weight excluding hydrogens is 406 g/mol. The molecule has 2 aromatic rings. The monoisotopic (exact) mass is 435 g/mol. The Morgan fingerprint density at radius 1 is 1.30 bits per heavy atom. The maximum absolute atomic E-state index is 13.1. The normalized spacial score (nSPS) is 19.9. The standard InChI is InChI=1S/C22H30ClN3O4/c1-21(2,3)29-16-10-17(26(12-16)15-8-6-14(23)7-9-15)20(28)24-19-11-18(25-30-19)22(4,5)13-27/h6-9,11,16-17,27H,10,12-13H2,1-5H3,(H,24,28)/t16-,17+/m1/s1. The smallest absolute Gasteiger partial charge is 0.249 e. The van der Waals surface area contributed by atoms with E-state index >= 15 is 0 Å². The second-order valence-electron chi connectivity index (χ2n) is 9.34. The second-order valence-corrected chi connectivity index (χ2v) is 9.78. The van der Waals surface area contributed by atoms with Gasteiger partial charge in [0.25, 0.3) is 0 Å². The fraction of sp³-hybridized carbons (Fsp3) is 0.545. The van der Waals surface area contributed by atoms with Crippen molar-refractivity contribution in [3.05, 3.63) is 41.0 Å². The minimum atomic E-state index is -0.555. The van der Waals surface area contributed by atoms with E-state index in [1.165, 1.54) is 0 Å². The molecule has 3 rings (SSSR count). The van der Waals surface area contributed by atoms with Crippen LogP contribution >= 0.6 is 11.6 Å². The molecular formula is C22H30ClN3O4. The number of nitrogens with one attached hydrogen (secondary N) is 1. The molecule has 0 spiro atoms. The second kappa shape index (κ2) is 8.57. The van der Waals surface area contributed by atoms with Gasteiger partial charge >= 0.3 is 0 Å². The van der Waals surface area contributed by atoms with Crippen LogP contribution < -0.4 is 10.2 Å². The number of benzene rings is 1. The van der Waals surface area contributed by atoms with Gasteiger partial charge in [-0.25, -0.2) is 0 Å². The molecule has 7 nitrogen and oxygen atoms in total. The number of carbonyl (C=O) groups is 1. The van der Waals surface area contributed by atoms with Crippen molar-refractivity contribution >= 4 is 29.1 Å². The Hall–Kier alpha value is -2.09. The number of carbonyl (C=O) groups excluding carboxylic acids is 1. The number of rotatable bonds is 6. The first kappa shape index (κ1) is 22.6. The minimum Gasteiger partial charge on any atom is -0.395 e. The molecule has 1 saturated heterocycles. The molecule has 0 bridgehead atoms. The van der Waals surface area contributed by atoms with Gasteiger partial charge in [0.1, 0.15) is 6.04 Å². The number of nitrogens with zero attached hydrogens (tertiary/aromatic N) is 2. The third-order valence-corrected chi connectivity index (χ3v) is 5.34. The van der Waals surface area contributed by atoms with Crippen LogP contribution in [0.2, 0.25) is 5.02 Å². The Labute approximate surface area is 182 Å². The molecule has 1 aliphatic heterocycles. The van der Waals surface area contributed by atoms with Crippen molar-refractivity contribution in [1.29, 1.82) is 0 Å². The SMILES string of the molecule is CC(C)(C)O[C@@H]1C[C@@H](C(=O)Nc2cc(C(C)(C)CO)no2)N(c2ccc(Cl)cc2)C1. The quantitative estimate of drug-likeness (QED) is 0.713. The summed E-state index contributed by atoms with van der Waals surface area (Å²) in [5.74, 6) is 0.0576. The maximum atomic E-state index is 13.1. The summed E-state index contributed by atoms with van der Waals surface area (Å²) in [6, 6.07) is 8.64. The zero-order chi connectivity index (χ0) is 22.1. The molecule has 2 heterocycles. The summed E-state index contributed by atoms with van der Waals surface area (Å²) in [5, 5.41) is 17.0. The lowest BCUT2D eigenvalue weighted by Gasteiger charge is -2.26. The fourth-order valence-electron chi connectivity index (χ4n) is 3.49. The number of aliphatic hydroxyl groups excluding tert-OH is 1. The lowest BCUT2D eigenvalue weighted by Crippen LogP contribution is -2.39. The third-order valence-electron chi connectivity index (χ3n) is 5.09. The van der Waals surface area contributed by atoms with E-state index in [4.69, 9.17) is 20.9 Å². The van der Waals surface area contributed by atoms with Crippen LogP contribution in [-0.4, -0.2) is 47.1 Å². The summed E-state index contributed by atoms with van der Waals surface area (Å²) in [4.78, 5) is 15.2. The molecule has 164 valence electrons. The lowest BCUT2D eigenvalue weighted by molar-refractivity contribution is -0.118. The Morgan fingerprint density at radius 2 is 1.97 bits per heavy atom. The first-order valence-corrected chi connectivity index (χ1v) is 10.5. The summed E-state index contributed by atoms with van der Waals surface area (Å²) in [5.41, 5.74) is 0.618. The predicted molar refractivity (Wildman–Crippen MR) is 117 cm³/mol. The van der Waals surface area contributed by atoms with Crippen molar-refractivity contribution in [3.63, 3.8) is 0 Å². The van der Waals surface area contributed by atoms with Gasteiger partial charge < -0.3 is 19.3 Å². The van der Waals surface area contributed by atoms with E-state index in [9.17, 15) is 9.90 Å². The average Bonchev–Trinajstić information content (AvgIpc) is 3.28. The van der Waals surface area contributed by atoms with Gasteiger partial charge in [0.2, 0.25) is 11.8 Å². The first-order valence-electron chi connectivity index (χ1n) is 10.1. The number of anilines is 2. The minimum absolute atomic E-state index is 0.0777. The molecule has 2 atom stereocenters.